The smallest absolute Gasteiger partial charge is 0.255 e. The van der Waals surface area contributed by atoms with Gasteiger partial charge in [-0.3, -0.25) is 4.79 Å². The largest absolute Gasteiger partial charge is 0.496 e. The summed E-state index contributed by atoms with van der Waals surface area (Å²) in [6.45, 7) is 0. The second-order valence-corrected chi connectivity index (χ2v) is 10.4. The van der Waals surface area contributed by atoms with Crippen LogP contribution in [0.15, 0.2) is 54.9 Å². The molecule has 4 aromatic rings. The number of rotatable bonds is 6. The number of hydrogen-bond acceptors (Lipinski definition) is 5. The third kappa shape index (κ3) is 4.65. The van der Waals surface area contributed by atoms with Crippen LogP contribution in [-0.2, 0) is 0 Å². The van der Waals surface area contributed by atoms with Crippen molar-refractivity contribution in [1.82, 2.24) is 14.9 Å². The highest BCUT2D eigenvalue weighted by molar-refractivity contribution is 7.99. The predicted octanol–water partition coefficient (Wildman–Crippen LogP) is 6.05. The van der Waals surface area contributed by atoms with Crippen LogP contribution in [0.2, 0.25) is 0 Å². The van der Waals surface area contributed by atoms with Gasteiger partial charge in [-0.1, -0.05) is 18.2 Å². The Hall–Kier alpha value is -3.52. The monoisotopic (exact) mass is 504 g/mol. The number of aromatic nitrogens is 2. The van der Waals surface area contributed by atoms with E-state index < -0.39 is 5.82 Å². The van der Waals surface area contributed by atoms with Gasteiger partial charge in [-0.25, -0.2) is 9.37 Å². The van der Waals surface area contributed by atoms with Crippen LogP contribution in [-0.4, -0.2) is 59.5 Å². The summed E-state index contributed by atoms with van der Waals surface area (Å²) in [6, 6.07) is 13.2. The molecular weight excluding hydrogens is 475 g/mol. The lowest BCUT2D eigenvalue weighted by Crippen LogP contribution is -2.28. The number of anilines is 1. The molecule has 186 valence electrons. The fourth-order valence-electron chi connectivity index (χ4n) is 4.63. The summed E-state index contributed by atoms with van der Waals surface area (Å²) in [5.74, 6) is 2.14. The second kappa shape index (κ2) is 10.2. The molecule has 1 aliphatic rings. The number of nitrogens with zero attached hydrogens (tertiary/aromatic N) is 2. The number of nitrogens with one attached hydrogen (secondary N) is 2. The maximum absolute atomic E-state index is 15.6. The van der Waals surface area contributed by atoms with E-state index in [4.69, 9.17) is 4.74 Å². The summed E-state index contributed by atoms with van der Waals surface area (Å²) in [5, 5.41) is 4.22. The van der Waals surface area contributed by atoms with E-state index in [0.717, 1.165) is 57.8 Å². The fourth-order valence-corrected chi connectivity index (χ4v) is 5.73. The molecule has 2 N–H and O–H groups in total. The van der Waals surface area contributed by atoms with Crippen LogP contribution in [0.4, 0.5) is 10.1 Å². The number of methoxy groups -OCH3 is 1. The van der Waals surface area contributed by atoms with Crippen molar-refractivity contribution in [2.75, 3.05) is 38.0 Å². The van der Waals surface area contributed by atoms with Gasteiger partial charge < -0.3 is 19.9 Å². The lowest BCUT2D eigenvalue weighted by Gasteiger charge is -2.26. The summed E-state index contributed by atoms with van der Waals surface area (Å²) in [7, 11) is 5.01. The van der Waals surface area contributed by atoms with Gasteiger partial charge in [0.2, 0.25) is 0 Å². The third-order valence-electron chi connectivity index (χ3n) is 6.56. The van der Waals surface area contributed by atoms with E-state index in [0.29, 0.717) is 11.1 Å². The van der Waals surface area contributed by atoms with Gasteiger partial charge in [-0.05, 0) is 54.2 Å². The number of carbonyl (C=O) groups excluding carboxylic acids is 1. The molecule has 1 amide bonds. The molecule has 0 radical (unpaired) electrons. The molecule has 0 bridgehead atoms. The molecule has 0 spiro atoms. The van der Waals surface area contributed by atoms with E-state index in [-0.39, 0.29) is 17.6 Å². The zero-order valence-electron chi connectivity index (χ0n) is 20.6. The molecule has 0 atom stereocenters. The van der Waals surface area contributed by atoms with Crippen LogP contribution >= 0.6 is 11.8 Å². The molecule has 36 heavy (non-hydrogen) atoms. The van der Waals surface area contributed by atoms with E-state index in [1.54, 1.807) is 33.5 Å². The van der Waals surface area contributed by atoms with Gasteiger partial charge in [0, 0.05) is 54.6 Å². The molecule has 6 nitrogen and oxygen atoms in total. The first-order chi connectivity index (χ1) is 17.5. The van der Waals surface area contributed by atoms with Crippen molar-refractivity contribution in [1.29, 1.82) is 0 Å². The molecule has 2 aromatic heterocycles. The number of ether oxygens (including phenoxy) is 1. The molecule has 1 fully saturated rings. The standard InChI is InChI=1S/C28H29FN4O2S/c1-33(2)28(34)22-12-17(14-24(29)26(22)32-19-8-10-36-11-9-19)18-13-21-23(16-31-27(21)30-15-18)20-6-4-5-7-25(20)35-3/h4-7,12-16,19,32H,8-11H2,1-3H3,(H,30,31). The predicted molar refractivity (Wildman–Crippen MR) is 145 cm³/mol. The van der Waals surface area contributed by atoms with Gasteiger partial charge in [-0.15, -0.1) is 0 Å². The topological polar surface area (TPSA) is 70.2 Å². The van der Waals surface area contributed by atoms with Gasteiger partial charge in [0.25, 0.3) is 5.91 Å². The first-order valence-electron chi connectivity index (χ1n) is 12.0. The van der Waals surface area contributed by atoms with Crippen molar-refractivity contribution in [3.63, 3.8) is 0 Å². The van der Waals surface area contributed by atoms with Crippen molar-refractivity contribution in [3.05, 3.63) is 66.2 Å². The zero-order valence-corrected chi connectivity index (χ0v) is 21.4. The van der Waals surface area contributed by atoms with Crippen molar-refractivity contribution >= 4 is 34.4 Å². The maximum Gasteiger partial charge on any atom is 0.255 e. The highest BCUT2D eigenvalue weighted by atomic mass is 32.2. The molecule has 3 heterocycles. The first kappa shape index (κ1) is 24.2. The minimum absolute atomic E-state index is 0.154. The Morgan fingerprint density at radius 2 is 1.92 bits per heavy atom. The van der Waals surface area contributed by atoms with E-state index in [9.17, 15) is 4.79 Å². The van der Waals surface area contributed by atoms with Crippen molar-refractivity contribution < 1.29 is 13.9 Å². The SMILES string of the molecule is COc1ccccc1-c1c[nH]c2ncc(-c3cc(F)c(NC4CCSCC4)c(C(=O)N(C)C)c3)cc12. The lowest BCUT2D eigenvalue weighted by atomic mass is 9.98. The lowest BCUT2D eigenvalue weighted by molar-refractivity contribution is 0.0828. The highest BCUT2D eigenvalue weighted by Gasteiger charge is 2.23. The third-order valence-corrected chi connectivity index (χ3v) is 7.61. The summed E-state index contributed by atoms with van der Waals surface area (Å²) in [5.41, 5.74) is 4.53. The number of hydrogen-bond donors (Lipinski definition) is 2. The Morgan fingerprint density at radius 3 is 2.67 bits per heavy atom. The van der Waals surface area contributed by atoms with E-state index >= 15 is 4.39 Å². The first-order valence-corrected chi connectivity index (χ1v) is 13.1. The molecular formula is C28H29FN4O2S. The number of benzene rings is 2. The number of H-pyrrole nitrogens is 1. The molecule has 0 unspecified atom stereocenters. The summed E-state index contributed by atoms with van der Waals surface area (Å²) >= 11 is 1.91. The minimum Gasteiger partial charge on any atom is -0.496 e. The molecule has 8 heteroatoms. The highest BCUT2D eigenvalue weighted by Crippen LogP contribution is 2.37. The Bertz CT molecular complexity index is 1410. The van der Waals surface area contributed by atoms with E-state index in [1.165, 1.54) is 11.0 Å². The van der Waals surface area contributed by atoms with Gasteiger partial charge in [0.05, 0.1) is 18.4 Å². The number of fused-ring (bicyclic) bond motifs is 1. The van der Waals surface area contributed by atoms with Gasteiger partial charge in [0.1, 0.15) is 17.2 Å². The minimum atomic E-state index is -0.435. The average Bonchev–Trinajstić information content (AvgIpc) is 3.33. The molecule has 1 saturated heterocycles. The Balaban J connectivity index is 1.60. The number of pyridine rings is 1. The van der Waals surface area contributed by atoms with Gasteiger partial charge in [0.15, 0.2) is 0 Å². The normalized spacial score (nSPS) is 14.1. The molecule has 5 rings (SSSR count). The van der Waals surface area contributed by atoms with E-state index in [1.807, 2.05) is 48.3 Å². The van der Waals surface area contributed by atoms with Crippen LogP contribution < -0.4 is 10.1 Å². The summed E-state index contributed by atoms with van der Waals surface area (Å²) < 4.78 is 21.1. The fraction of sp³-hybridized carbons (Fsp3) is 0.286. The van der Waals surface area contributed by atoms with Crippen LogP contribution in [0.3, 0.4) is 0 Å². The molecule has 2 aromatic carbocycles. The zero-order chi connectivity index (χ0) is 25.2. The van der Waals surface area contributed by atoms with E-state index in [2.05, 4.69) is 15.3 Å². The molecule has 1 aliphatic heterocycles. The Morgan fingerprint density at radius 1 is 1.14 bits per heavy atom. The van der Waals surface area contributed by atoms with Crippen LogP contribution in [0, 0.1) is 5.82 Å². The number of thioether (sulfide) groups is 1. The molecule has 0 saturated carbocycles. The summed E-state index contributed by atoms with van der Waals surface area (Å²) in [4.78, 5) is 22.4. The number of halogens is 1. The average molecular weight is 505 g/mol. The number of para-hydroxylation sites is 1. The molecule has 0 aliphatic carbocycles. The Kier molecular flexibility index (Phi) is 6.87. The number of amides is 1. The number of carbonyl (C=O) groups is 1. The van der Waals surface area contributed by atoms with Crippen molar-refractivity contribution in [2.45, 2.75) is 18.9 Å². The van der Waals surface area contributed by atoms with Gasteiger partial charge in [-0.2, -0.15) is 11.8 Å². The summed E-state index contributed by atoms with van der Waals surface area (Å²) in [6.07, 6.45) is 5.49. The van der Waals surface area contributed by atoms with Crippen LogP contribution in [0.1, 0.15) is 23.2 Å². The Labute approximate surface area is 214 Å². The van der Waals surface area contributed by atoms with Crippen LogP contribution in [0.5, 0.6) is 5.75 Å². The number of aromatic amines is 1. The second-order valence-electron chi connectivity index (χ2n) is 9.13. The van der Waals surface area contributed by atoms with Crippen molar-refractivity contribution in [3.8, 4) is 28.0 Å². The van der Waals surface area contributed by atoms with Crippen molar-refractivity contribution in [2.24, 2.45) is 0 Å². The maximum atomic E-state index is 15.6. The quantitative estimate of drug-likeness (QED) is 0.334. The van der Waals surface area contributed by atoms with Gasteiger partial charge >= 0.3 is 0 Å². The van der Waals surface area contributed by atoms with Crippen LogP contribution in [0.25, 0.3) is 33.3 Å².